The Kier molecular flexibility index (Phi) is 24.6. The van der Waals surface area contributed by atoms with E-state index < -0.39 is 5.60 Å². The zero-order chi connectivity index (χ0) is 73.0. The van der Waals surface area contributed by atoms with E-state index in [4.69, 9.17) is 42.9 Å². The fourth-order valence-corrected chi connectivity index (χ4v) is 13.2. The number of aromatic nitrogens is 6. The van der Waals surface area contributed by atoms with Crippen molar-refractivity contribution in [2.24, 2.45) is 0 Å². The quantitative estimate of drug-likeness (QED) is 0.0502. The number of nitrogens with zero attached hydrogens (tertiary/aromatic N) is 12. The molecule has 106 heavy (non-hydrogen) atoms. The second kappa shape index (κ2) is 35.6. The van der Waals surface area contributed by atoms with Crippen LogP contribution in [0.5, 0.6) is 17.2 Å². The van der Waals surface area contributed by atoms with E-state index >= 15 is 0 Å². The van der Waals surface area contributed by atoms with E-state index in [1.165, 1.54) is 5.69 Å². The Morgan fingerprint density at radius 3 is 1.28 bits per heavy atom. The van der Waals surface area contributed by atoms with Crippen molar-refractivity contribution in [2.75, 3.05) is 136 Å². The van der Waals surface area contributed by atoms with Crippen LogP contribution in [0.2, 0.25) is 0 Å². The van der Waals surface area contributed by atoms with Gasteiger partial charge < -0.3 is 78.8 Å². The van der Waals surface area contributed by atoms with Gasteiger partial charge in [0.05, 0.1) is 94.5 Å². The molecule has 25 heteroatoms. The number of aliphatic hydroxyl groups is 2. The Bertz CT molecular complexity index is 4550. The molecule has 0 spiro atoms. The molecule has 9 heterocycles. The fraction of sp³-hybridized carbons (Fsp3) is 0.370. The van der Waals surface area contributed by atoms with Gasteiger partial charge in [-0.3, -0.25) is 0 Å². The third kappa shape index (κ3) is 19.7. The molecule has 25 nitrogen and oxygen atoms in total. The molecule has 9 aromatic rings. The van der Waals surface area contributed by atoms with Crippen LogP contribution < -0.4 is 44.9 Å². The van der Waals surface area contributed by atoms with Gasteiger partial charge in [0, 0.05) is 147 Å². The van der Waals surface area contributed by atoms with E-state index in [9.17, 15) is 26.0 Å². The first-order valence-electron chi connectivity index (χ1n) is 36.2. The second-order valence-electron chi connectivity index (χ2n) is 26.9. The van der Waals surface area contributed by atoms with E-state index in [-0.39, 0.29) is 31.0 Å². The lowest BCUT2D eigenvalue weighted by molar-refractivity contribution is 0.00357. The van der Waals surface area contributed by atoms with Gasteiger partial charge in [-0.25, -0.2) is 29.9 Å². The van der Waals surface area contributed by atoms with Crippen LogP contribution in [0.1, 0.15) is 74.1 Å². The molecule has 0 aliphatic carbocycles. The van der Waals surface area contributed by atoms with Gasteiger partial charge in [-0.1, -0.05) is 0 Å². The maximum atomic E-state index is 10.2. The molecule has 2 atom stereocenters. The number of aryl methyl sites for hydroxylation is 1. The number of morpholine rings is 2. The standard InChI is InChI=1S/C27H29N5O4.2C27H29N5O3/c28-16-20-15-19(1-6-25(20)36-23-8-12-34-13-9-23)27-29-10-7-26(31-27)30-21-2-4-22(5-3-21)32-11-14-35-24(17-32)18-33;1-27(33)11-13-32(18-27)22-5-3-21(4-6-22)30-25-8-12-29-26(31-25)19-2-7-24(20(16-19)17-28)35-23-9-14-34-15-10-23;1-19-16-22(32-10-14-34-15-11-32)3-4-24(19)30-26-6-9-29-27(31-26)20-2-5-25(21(17-20)18-28)35-23-7-12-33-13-8-23/h1-7,10,15,23-24,33H,8-9,11-14,17-18H2,(H,29,30,31);2-8,12,16,23,33H,9-11,13-15,18H2,1H3,(H,29,30,31);2-6,9,16-17,23H,7-8,10-15H2,1H3,(H,29,30,31)/t24-;;/m1../s1. The monoisotopic (exact) mass is 1430 g/mol. The number of benzene rings is 6. The van der Waals surface area contributed by atoms with E-state index in [1.807, 2.05) is 104 Å². The van der Waals surface area contributed by atoms with Gasteiger partial charge in [0.1, 0.15) is 71.2 Å². The van der Waals surface area contributed by atoms with Crippen molar-refractivity contribution in [2.45, 2.75) is 88.8 Å². The predicted octanol–water partition coefficient (Wildman–Crippen LogP) is 12.3. The Morgan fingerprint density at radius 1 is 0.472 bits per heavy atom. The van der Waals surface area contributed by atoms with Crippen molar-refractivity contribution in [1.29, 1.82) is 15.8 Å². The lowest BCUT2D eigenvalue weighted by Gasteiger charge is -2.33. The highest BCUT2D eigenvalue weighted by atomic mass is 16.5. The first-order chi connectivity index (χ1) is 51.9. The highest BCUT2D eigenvalue weighted by Crippen LogP contribution is 2.35. The Balaban J connectivity index is 0.000000141. The van der Waals surface area contributed by atoms with Crippen LogP contribution in [0.15, 0.2) is 158 Å². The molecule has 6 saturated heterocycles. The molecule has 0 radical (unpaired) electrons. The molecule has 15 rings (SSSR count). The van der Waals surface area contributed by atoms with Crippen LogP contribution in [-0.4, -0.2) is 175 Å². The molecular weight excluding hydrogens is 1340 g/mol. The Labute approximate surface area is 617 Å². The van der Waals surface area contributed by atoms with Gasteiger partial charge in [-0.2, -0.15) is 15.8 Å². The van der Waals surface area contributed by atoms with Gasteiger partial charge in [-0.05, 0) is 165 Å². The molecule has 0 bridgehead atoms. The number of nitrogens with one attached hydrogen (secondary N) is 3. The lowest BCUT2D eigenvalue weighted by Crippen LogP contribution is -2.44. The number of β-amino-alcohol motifs (C(OH)–C–C–N with tert-alkyl or cyclic N) is 1. The summed E-state index contributed by atoms with van der Waals surface area (Å²) in [5, 5.41) is 58.7. The largest absolute Gasteiger partial charge is 0.489 e. The minimum absolute atomic E-state index is 0.0216. The maximum absolute atomic E-state index is 10.2. The summed E-state index contributed by atoms with van der Waals surface area (Å²) in [6, 6.07) is 51.2. The average molecular weight is 1430 g/mol. The summed E-state index contributed by atoms with van der Waals surface area (Å²) in [4.78, 5) is 34.0. The zero-order valence-electron chi connectivity index (χ0n) is 59.6. The number of aliphatic hydroxyl groups excluding tert-OH is 1. The van der Waals surface area contributed by atoms with E-state index in [0.29, 0.717) is 128 Å². The highest BCUT2D eigenvalue weighted by Gasteiger charge is 2.32. The summed E-state index contributed by atoms with van der Waals surface area (Å²) in [6.45, 7) is 15.0. The first-order valence-corrected chi connectivity index (χ1v) is 36.2. The smallest absolute Gasteiger partial charge is 0.161 e. The third-order valence-corrected chi connectivity index (χ3v) is 19.1. The fourth-order valence-electron chi connectivity index (χ4n) is 13.2. The molecule has 5 N–H and O–H groups in total. The Hall–Kier alpha value is -11.1. The molecule has 0 saturated carbocycles. The summed E-state index contributed by atoms with van der Waals surface area (Å²) in [5.41, 5.74) is 10.3. The predicted molar refractivity (Wildman–Crippen MR) is 403 cm³/mol. The van der Waals surface area contributed by atoms with Gasteiger partial charge in [0.15, 0.2) is 17.5 Å². The summed E-state index contributed by atoms with van der Waals surface area (Å²) in [5.74, 6) is 5.35. The normalized spacial score (nSPS) is 18.5. The molecule has 6 fully saturated rings. The lowest BCUT2D eigenvalue weighted by atomic mass is 10.1. The van der Waals surface area contributed by atoms with Crippen LogP contribution in [-0.2, 0) is 23.7 Å². The molecule has 0 amide bonds. The van der Waals surface area contributed by atoms with E-state index in [0.717, 1.165) is 135 Å². The first kappa shape index (κ1) is 73.3. The molecule has 6 aliphatic heterocycles. The summed E-state index contributed by atoms with van der Waals surface area (Å²) in [6.07, 6.45) is 10.9. The number of hydrogen-bond donors (Lipinski definition) is 5. The molecule has 546 valence electrons. The minimum atomic E-state index is -0.630. The average Bonchev–Trinajstić information content (AvgIpc) is 1.00. The van der Waals surface area contributed by atoms with E-state index in [2.05, 4.69) is 98.9 Å². The van der Waals surface area contributed by atoms with Crippen LogP contribution >= 0.6 is 0 Å². The summed E-state index contributed by atoms with van der Waals surface area (Å²) < 4.78 is 45.3. The topological polar surface area (TPSA) is 309 Å². The van der Waals surface area contributed by atoms with Crippen LogP contribution in [0.25, 0.3) is 34.2 Å². The van der Waals surface area contributed by atoms with Crippen molar-refractivity contribution in [3.05, 3.63) is 180 Å². The third-order valence-electron chi connectivity index (χ3n) is 19.1. The maximum Gasteiger partial charge on any atom is 0.161 e. The number of nitriles is 3. The van der Waals surface area contributed by atoms with Gasteiger partial charge in [-0.15, -0.1) is 0 Å². The summed E-state index contributed by atoms with van der Waals surface area (Å²) >= 11 is 0. The Morgan fingerprint density at radius 2 is 0.877 bits per heavy atom. The number of anilines is 9. The van der Waals surface area contributed by atoms with Crippen LogP contribution in [0, 0.1) is 40.9 Å². The van der Waals surface area contributed by atoms with Gasteiger partial charge in [0.2, 0.25) is 0 Å². The van der Waals surface area contributed by atoms with E-state index in [1.54, 1.807) is 42.9 Å². The van der Waals surface area contributed by atoms with Gasteiger partial charge in [0.25, 0.3) is 0 Å². The second-order valence-corrected chi connectivity index (χ2v) is 26.9. The molecule has 6 aromatic carbocycles. The number of hydrogen-bond acceptors (Lipinski definition) is 25. The van der Waals surface area contributed by atoms with Crippen molar-refractivity contribution >= 4 is 51.6 Å². The summed E-state index contributed by atoms with van der Waals surface area (Å²) in [7, 11) is 0. The molecule has 3 aromatic heterocycles. The van der Waals surface area contributed by atoms with Crippen molar-refractivity contribution in [3.63, 3.8) is 0 Å². The van der Waals surface area contributed by atoms with Gasteiger partial charge >= 0.3 is 0 Å². The minimum Gasteiger partial charge on any atom is -0.489 e. The number of rotatable bonds is 19. The molecular formula is C81H87N15O10. The zero-order valence-corrected chi connectivity index (χ0v) is 59.6. The van der Waals surface area contributed by atoms with Crippen LogP contribution in [0.4, 0.5) is 51.6 Å². The van der Waals surface area contributed by atoms with Crippen molar-refractivity contribution < 1.29 is 48.1 Å². The van der Waals surface area contributed by atoms with Crippen LogP contribution in [0.3, 0.4) is 0 Å². The highest BCUT2D eigenvalue weighted by molar-refractivity contribution is 5.70. The van der Waals surface area contributed by atoms with Crippen molar-refractivity contribution in [1.82, 2.24) is 29.9 Å². The molecule has 6 aliphatic rings. The SMILES string of the molecule is CC1(O)CCN(c2ccc(Nc3ccnc(-c4ccc(OC5CCOCC5)c(C#N)c4)n3)cc2)C1.Cc1cc(N2CCOCC2)ccc1Nc1ccnc(-c2ccc(OC3CCOCC3)c(C#N)c2)n1.N#Cc1cc(-c2nccc(Nc3ccc(N4CCO[C@@H](CO)C4)cc3)n2)ccc1OC1CCOCC1. The van der Waals surface area contributed by atoms with Crippen molar-refractivity contribution in [3.8, 4) is 69.6 Å². The number of ether oxygens (including phenoxy) is 8. The molecule has 1 unspecified atom stereocenters.